The van der Waals surface area contributed by atoms with Gasteiger partial charge in [0.05, 0.1) is 37.2 Å². The van der Waals surface area contributed by atoms with E-state index < -0.39 is 30.2 Å². The minimum Gasteiger partial charge on any atom is -0.482 e. The van der Waals surface area contributed by atoms with E-state index in [-0.39, 0.29) is 37.7 Å². The van der Waals surface area contributed by atoms with Crippen molar-refractivity contribution in [1.29, 1.82) is 0 Å². The summed E-state index contributed by atoms with van der Waals surface area (Å²) in [6, 6.07) is 8.08. The number of aliphatic hydroxyl groups is 2. The highest BCUT2D eigenvalue weighted by molar-refractivity contribution is 5.97. The summed E-state index contributed by atoms with van der Waals surface area (Å²) < 4.78 is 30.2. The van der Waals surface area contributed by atoms with Gasteiger partial charge in [0.25, 0.3) is 5.91 Å². The fourth-order valence-electron chi connectivity index (χ4n) is 4.19. The Morgan fingerprint density at radius 1 is 1.30 bits per heavy atom. The SMILES string of the molecule is COc1ccc2ncc(F)c(CNC[C@@H](O)[C@H](O)[C@H]3CN(c4ccc5c(c4)NC(=O)CO5)C(=O)O3)c2n1. The number of nitrogens with zero attached hydrogens (tertiary/aromatic N) is 3. The van der Waals surface area contributed by atoms with E-state index in [1.807, 2.05) is 0 Å². The molecule has 5 rings (SSSR count). The van der Waals surface area contributed by atoms with Gasteiger partial charge in [-0.15, -0.1) is 0 Å². The molecule has 0 spiro atoms. The van der Waals surface area contributed by atoms with Gasteiger partial charge in [-0.1, -0.05) is 0 Å². The van der Waals surface area contributed by atoms with Crippen molar-refractivity contribution in [1.82, 2.24) is 15.3 Å². The van der Waals surface area contributed by atoms with E-state index in [2.05, 4.69) is 20.6 Å². The molecular weight excluding hydrogens is 489 g/mol. The maximum atomic E-state index is 14.5. The van der Waals surface area contributed by atoms with Crippen LogP contribution >= 0.6 is 0 Å². The summed E-state index contributed by atoms with van der Waals surface area (Å²) in [5, 5.41) is 26.7. The Hall–Kier alpha value is -4.07. The number of amides is 2. The number of anilines is 2. The van der Waals surface area contributed by atoms with Crippen molar-refractivity contribution in [2.75, 3.05) is 37.0 Å². The first-order chi connectivity index (χ1) is 17.8. The largest absolute Gasteiger partial charge is 0.482 e. The zero-order valence-corrected chi connectivity index (χ0v) is 19.7. The average molecular weight is 513 g/mol. The van der Waals surface area contributed by atoms with E-state index in [0.717, 1.165) is 6.20 Å². The molecule has 4 heterocycles. The molecule has 2 aliphatic heterocycles. The summed E-state index contributed by atoms with van der Waals surface area (Å²) >= 11 is 0. The quantitative estimate of drug-likeness (QED) is 0.342. The molecule has 0 radical (unpaired) electrons. The van der Waals surface area contributed by atoms with Crippen molar-refractivity contribution in [3.05, 3.63) is 47.9 Å². The number of cyclic esters (lactones) is 1. The minimum absolute atomic E-state index is 0.00566. The number of hydrogen-bond acceptors (Lipinski definition) is 10. The van der Waals surface area contributed by atoms with Crippen LogP contribution in [0.2, 0.25) is 0 Å². The molecule has 37 heavy (non-hydrogen) atoms. The van der Waals surface area contributed by atoms with Crippen LogP contribution in [0, 0.1) is 5.82 Å². The van der Waals surface area contributed by atoms with Crippen molar-refractivity contribution in [2.45, 2.75) is 24.9 Å². The van der Waals surface area contributed by atoms with E-state index in [0.29, 0.717) is 34.0 Å². The molecule has 0 unspecified atom stereocenters. The molecule has 0 bridgehead atoms. The average Bonchev–Trinajstić information content (AvgIpc) is 3.29. The van der Waals surface area contributed by atoms with Crippen LogP contribution in [-0.4, -0.2) is 77.3 Å². The van der Waals surface area contributed by atoms with Crippen LogP contribution < -0.4 is 25.0 Å². The number of rotatable bonds is 8. The molecule has 2 aliphatic rings. The highest BCUT2D eigenvalue weighted by Crippen LogP contribution is 2.34. The smallest absolute Gasteiger partial charge is 0.414 e. The Morgan fingerprint density at radius 3 is 2.95 bits per heavy atom. The third-order valence-electron chi connectivity index (χ3n) is 6.12. The molecule has 4 N–H and O–H groups in total. The van der Waals surface area contributed by atoms with Gasteiger partial charge in [-0.3, -0.25) is 14.7 Å². The summed E-state index contributed by atoms with van der Waals surface area (Å²) in [7, 11) is 1.45. The summed E-state index contributed by atoms with van der Waals surface area (Å²) in [4.78, 5) is 33.6. The van der Waals surface area contributed by atoms with Crippen LogP contribution in [0.5, 0.6) is 11.6 Å². The summed E-state index contributed by atoms with van der Waals surface area (Å²) in [5.41, 5.74) is 1.87. The topological polar surface area (TPSA) is 155 Å². The van der Waals surface area contributed by atoms with Crippen molar-refractivity contribution >= 4 is 34.4 Å². The zero-order chi connectivity index (χ0) is 26.1. The molecule has 13 heteroatoms. The molecular formula is C24H24FN5O7. The van der Waals surface area contributed by atoms with Gasteiger partial charge in [0, 0.05) is 30.4 Å². The molecule has 1 fully saturated rings. The second-order valence-corrected chi connectivity index (χ2v) is 8.55. The lowest BCUT2D eigenvalue weighted by molar-refractivity contribution is -0.118. The number of aromatic nitrogens is 2. The van der Waals surface area contributed by atoms with Crippen LogP contribution in [0.3, 0.4) is 0 Å². The number of pyridine rings is 2. The Balaban J connectivity index is 1.21. The van der Waals surface area contributed by atoms with Crippen LogP contribution in [0.25, 0.3) is 11.0 Å². The minimum atomic E-state index is -1.42. The fraction of sp³-hybridized carbons (Fsp3) is 0.333. The molecule has 2 amide bonds. The van der Waals surface area contributed by atoms with Gasteiger partial charge in [-0.25, -0.2) is 14.2 Å². The van der Waals surface area contributed by atoms with Gasteiger partial charge in [0.1, 0.15) is 23.2 Å². The number of halogens is 1. The summed E-state index contributed by atoms with van der Waals surface area (Å²) in [5.74, 6) is -0.117. The molecule has 1 saturated heterocycles. The van der Waals surface area contributed by atoms with Crippen LogP contribution in [0.15, 0.2) is 36.5 Å². The van der Waals surface area contributed by atoms with E-state index in [9.17, 15) is 24.2 Å². The first-order valence-corrected chi connectivity index (χ1v) is 11.4. The number of carbonyl (C=O) groups excluding carboxylic acids is 2. The predicted octanol–water partition coefficient (Wildman–Crippen LogP) is 0.945. The van der Waals surface area contributed by atoms with Gasteiger partial charge in [-0.2, -0.15) is 0 Å². The number of fused-ring (bicyclic) bond motifs is 2. The van der Waals surface area contributed by atoms with Crippen molar-refractivity contribution in [3.8, 4) is 11.6 Å². The van der Waals surface area contributed by atoms with Crippen molar-refractivity contribution < 1.29 is 38.4 Å². The molecule has 3 atom stereocenters. The highest BCUT2D eigenvalue weighted by atomic mass is 19.1. The highest BCUT2D eigenvalue weighted by Gasteiger charge is 2.40. The lowest BCUT2D eigenvalue weighted by Gasteiger charge is -2.23. The lowest BCUT2D eigenvalue weighted by atomic mass is 10.1. The number of hydrogen-bond donors (Lipinski definition) is 4. The number of ether oxygens (including phenoxy) is 3. The molecule has 3 aromatic rings. The van der Waals surface area contributed by atoms with Gasteiger partial charge >= 0.3 is 6.09 Å². The van der Waals surface area contributed by atoms with Crippen molar-refractivity contribution in [3.63, 3.8) is 0 Å². The molecule has 12 nitrogen and oxygen atoms in total. The number of benzene rings is 1. The van der Waals surface area contributed by atoms with Gasteiger partial charge in [0.15, 0.2) is 12.7 Å². The summed E-state index contributed by atoms with van der Waals surface area (Å²) in [6.45, 7) is -0.246. The second-order valence-electron chi connectivity index (χ2n) is 8.55. The third-order valence-corrected chi connectivity index (χ3v) is 6.12. The van der Waals surface area contributed by atoms with E-state index >= 15 is 0 Å². The third kappa shape index (κ3) is 4.96. The van der Waals surface area contributed by atoms with Crippen LogP contribution in [0.1, 0.15) is 5.56 Å². The fourth-order valence-corrected chi connectivity index (χ4v) is 4.19. The summed E-state index contributed by atoms with van der Waals surface area (Å²) in [6.07, 6.45) is -3.39. The van der Waals surface area contributed by atoms with E-state index in [4.69, 9.17) is 14.2 Å². The number of nitrogens with one attached hydrogen (secondary N) is 2. The van der Waals surface area contributed by atoms with Crippen molar-refractivity contribution in [2.24, 2.45) is 0 Å². The molecule has 0 saturated carbocycles. The van der Waals surface area contributed by atoms with Crippen LogP contribution in [-0.2, 0) is 16.1 Å². The van der Waals surface area contributed by atoms with E-state index in [1.54, 1.807) is 30.3 Å². The first kappa shape index (κ1) is 24.6. The number of methoxy groups -OCH3 is 1. The van der Waals surface area contributed by atoms with Crippen LogP contribution in [0.4, 0.5) is 20.6 Å². The van der Waals surface area contributed by atoms with Gasteiger partial charge in [-0.05, 0) is 24.3 Å². The monoisotopic (exact) mass is 513 g/mol. The number of carbonyl (C=O) groups is 2. The maximum Gasteiger partial charge on any atom is 0.414 e. The zero-order valence-electron chi connectivity index (χ0n) is 19.7. The Kier molecular flexibility index (Phi) is 6.74. The molecule has 2 aromatic heterocycles. The first-order valence-electron chi connectivity index (χ1n) is 11.4. The lowest BCUT2D eigenvalue weighted by Crippen LogP contribution is -2.44. The Labute approximate surface area is 210 Å². The normalized spacial score (nSPS) is 18.6. The van der Waals surface area contributed by atoms with Gasteiger partial charge < -0.3 is 35.1 Å². The Morgan fingerprint density at radius 2 is 2.14 bits per heavy atom. The maximum absolute atomic E-state index is 14.5. The van der Waals surface area contributed by atoms with E-state index in [1.165, 1.54) is 12.0 Å². The predicted molar refractivity (Wildman–Crippen MR) is 128 cm³/mol. The Bertz CT molecular complexity index is 1360. The number of aliphatic hydroxyl groups excluding tert-OH is 2. The standard InChI is InChI=1S/C24H24FN5O7/c1-35-21-5-3-15-22(29-21)13(14(25)8-27-15)7-26-9-17(31)23(33)19-10-30(24(34)37-19)12-2-4-18-16(6-12)28-20(32)11-36-18/h2-6,8,17,19,23,26,31,33H,7,9-11H2,1H3,(H,28,32)/t17-,19-,23+/m1/s1. The molecule has 0 aliphatic carbocycles. The second kappa shape index (κ2) is 10.1. The van der Waals surface area contributed by atoms with Gasteiger partial charge in [0.2, 0.25) is 5.88 Å². The molecule has 194 valence electrons. The molecule has 1 aromatic carbocycles.